The number of amides is 1. The normalized spacial score (nSPS) is 11.4. The van der Waals surface area contributed by atoms with Gasteiger partial charge >= 0.3 is 0 Å². The second-order valence-electron chi connectivity index (χ2n) is 4.50. The number of nitrogens with one attached hydrogen (secondary N) is 1. The number of halogens is 2. The Kier molecular flexibility index (Phi) is 4.25. The van der Waals surface area contributed by atoms with Gasteiger partial charge in [0.15, 0.2) is 5.69 Å². The van der Waals surface area contributed by atoms with E-state index in [-0.39, 0.29) is 11.6 Å². The summed E-state index contributed by atoms with van der Waals surface area (Å²) in [6.45, 7) is 0. The van der Waals surface area contributed by atoms with Crippen molar-refractivity contribution in [2.45, 2.75) is 0 Å². The van der Waals surface area contributed by atoms with Crippen molar-refractivity contribution in [2.75, 3.05) is 0 Å². The van der Waals surface area contributed by atoms with Crippen molar-refractivity contribution in [1.82, 2.24) is 4.98 Å². The van der Waals surface area contributed by atoms with Crippen LogP contribution in [0.3, 0.4) is 0 Å². The summed E-state index contributed by atoms with van der Waals surface area (Å²) >= 11 is 5.44. The van der Waals surface area contributed by atoms with E-state index in [0.29, 0.717) is 10.9 Å². The van der Waals surface area contributed by atoms with Gasteiger partial charge in [0.25, 0.3) is 5.91 Å². The molecule has 0 aliphatic heterocycles. The fraction of sp³-hybridized carbons (Fsp3) is 0. The minimum absolute atomic E-state index is 0.118. The van der Waals surface area contributed by atoms with Crippen molar-refractivity contribution in [3.05, 3.63) is 56.1 Å². The molecule has 0 fully saturated rings. The first kappa shape index (κ1) is 15.2. The molecule has 3 rings (SSSR count). The van der Waals surface area contributed by atoms with Crippen LogP contribution in [0.2, 0.25) is 0 Å². The Morgan fingerprint density at radius 3 is 2.77 bits per heavy atom. The predicted octanol–water partition coefficient (Wildman–Crippen LogP) is 5.16. The largest absolute Gasteiger partial charge is 0.493 e. The van der Waals surface area contributed by atoms with Gasteiger partial charge < -0.3 is 10.1 Å². The lowest BCUT2D eigenvalue weighted by atomic mass is 10.2. The predicted molar refractivity (Wildman–Crippen MR) is 95.7 cm³/mol. The van der Waals surface area contributed by atoms with E-state index in [0.717, 1.165) is 13.6 Å². The maximum absolute atomic E-state index is 12.1. The average molecular weight is 470 g/mol. The summed E-state index contributed by atoms with van der Waals surface area (Å²) in [6, 6.07) is 12.6. The zero-order valence-corrected chi connectivity index (χ0v) is 14.8. The third-order valence-electron chi connectivity index (χ3n) is 3.06. The monoisotopic (exact) mass is 469 g/mol. The number of carbonyl (C=O) groups is 1. The first-order chi connectivity index (χ1) is 10.6. The minimum Gasteiger partial charge on any atom is -0.493 e. The zero-order valence-electron chi connectivity index (χ0n) is 11.0. The molecule has 7 heteroatoms. The van der Waals surface area contributed by atoms with Gasteiger partial charge in [-0.2, -0.15) is 0 Å². The number of H-pyrrole nitrogens is 1. The zero-order chi connectivity index (χ0) is 15.7. The number of aromatic nitrogens is 1. The number of fused-ring (bicyclic) bond motifs is 1. The van der Waals surface area contributed by atoms with Gasteiger partial charge in [0.2, 0.25) is 5.88 Å². The highest BCUT2D eigenvalue weighted by atomic mass is 127. The number of hydrogen-bond donors (Lipinski definition) is 2. The topological polar surface area (TPSA) is 77.8 Å². The second kappa shape index (κ2) is 6.17. The molecule has 0 radical (unpaired) electrons. The average Bonchev–Trinajstić information content (AvgIpc) is 2.80. The molecule has 0 saturated carbocycles. The van der Waals surface area contributed by atoms with Crippen LogP contribution in [0, 0.1) is 3.57 Å². The van der Waals surface area contributed by atoms with Crippen molar-refractivity contribution in [3.63, 3.8) is 0 Å². The molecular formula is C15H9BrIN3O2. The number of aromatic hydroxyl groups is 1. The molecule has 0 aliphatic rings. The van der Waals surface area contributed by atoms with Crippen LogP contribution in [0.5, 0.6) is 5.88 Å². The van der Waals surface area contributed by atoms with E-state index in [1.807, 2.05) is 18.2 Å². The van der Waals surface area contributed by atoms with E-state index < -0.39 is 5.91 Å². The highest BCUT2D eigenvalue weighted by molar-refractivity contribution is 14.1. The quantitative estimate of drug-likeness (QED) is 0.401. The molecule has 0 spiro atoms. The Morgan fingerprint density at radius 2 is 2.00 bits per heavy atom. The summed E-state index contributed by atoms with van der Waals surface area (Å²) in [4.78, 5) is 14.9. The van der Waals surface area contributed by atoms with Gasteiger partial charge in [-0.25, -0.2) is 0 Å². The van der Waals surface area contributed by atoms with Gasteiger partial charge in [0.05, 0.1) is 11.1 Å². The number of benzene rings is 2. The number of nitrogens with zero attached hydrogens (tertiary/aromatic N) is 2. The standard InChI is InChI=1S/C15H9BrIN3O2/c16-8-5-6-12-10(7-8)13(15(22)18-12)19-20-14(21)9-3-1-2-4-11(9)17/h1-7,18,22H. The van der Waals surface area contributed by atoms with Crippen LogP contribution in [0.1, 0.15) is 10.4 Å². The van der Waals surface area contributed by atoms with Crippen molar-refractivity contribution in [1.29, 1.82) is 0 Å². The fourth-order valence-corrected chi connectivity index (χ4v) is 3.00. The lowest BCUT2D eigenvalue weighted by Gasteiger charge is -1.97. The van der Waals surface area contributed by atoms with E-state index in [1.165, 1.54) is 0 Å². The molecule has 0 bridgehead atoms. The van der Waals surface area contributed by atoms with Crippen LogP contribution in [0.15, 0.2) is 57.2 Å². The summed E-state index contributed by atoms with van der Waals surface area (Å²) in [7, 11) is 0. The summed E-state index contributed by atoms with van der Waals surface area (Å²) < 4.78 is 1.65. The van der Waals surface area contributed by atoms with Gasteiger partial charge in [-0.15, -0.1) is 10.2 Å². The molecule has 0 atom stereocenters. The minimum atomic E-state index is -0.450. The van der Waals surface area contributed by atoms with Gasteiger partial charge in [-0.05, 0) is 52.9 Å². The lowest BCUT2D eigenvalue weighted by Crippen LogP contribution is -1.96. The van der Waals surface area contributed by atoms with E-state index in [2.05, 4.69) is 53.7 Å². The fourth-order valence-electron chi connectivity index (χ4n) is 2.02. The second-order valence-corrected chi connectivity index (χ2v) is 6.57. The smallest absolute Gasteiger partial charge is 0.296 e. The first-order valence-electron chi connectivity index (χ1n) is 6.27. The molecule has 1 aromatic heterocycles. The molecule has 2 aromatic carbocycles. The lowest BCUT2D eigenvalue weighted by molar-refractivity contribution is 0.0994. The highest BCUT2D eigenvalue weighted by Crippen LogP contribution is 2.36. The van der Waals surface area contributed by atoms with Crippen LogP contribution < -0.4 is 0 Å². The SMILES string of the molecule is O=C(N=Nc1c(O)[nH]c2ccc(Br)cc12)c1ccccc1I. The molecular weight excluding hydrogens is 461 g/mol. The molecule has 110 valence electrons. The maximum atomic E-state index is 12.1. The van der Waals surface area contributed by atoms with Crippen molar-refractivity contribution < 1.29 is 9.90 Å². The van der Waals surface area contributed by atoms with Crippen molar-refractivity contribution in [2.24, 2.45) is 10.2 Å². The van der Waals surface area contributed by atoms with Crippen LogP contribution in [-0.4, -0.2) is 16.0 Å². The third kappa shape index (κ3) is 2.91. The molecule has 2 N–H and O–H groups in total. The highest BCUT2D eigenvalue weighted by Gasteiger charge is 2.13. The Hall–Kier alpha value is -1.74. The Labute approximate surface area is 147 Å². The van der Waals surface area contributed by atoms with E-state index >= 15 is 0 Å². The van der Waals surface area contributed by atoms with Gasteiger partial charge in [-0.1, -0.05) is 28.1 Å². The molecule has 5 nitrogen and oxygen atoms in total. The molecule has 3 aromatic rings. The third-order valence-corrected chi connectivity index (χ3v) is 4.49. The van der Waals surface area contributed by atoms with Crippen LogP contribution >= 0.6 is 38.5 Å². The molecule has 1 heterocycles. The van der Waals surface area contributed by atoms with Gasteiger partial charge in [0, 0.05) is 13.4 Å². The molecule has 1 amide bonds. The van der Waals surface area contributed by atoms with Crippen LogP contribution in [0.25, 0.3) is 10.9 Å². The molecule has 22 heavy (non-hydrogen) atoms. The summed E-state index contributed by atoms with van der Waals surface area (Å²) in [6.07, 6.45) is 0. The van der Waals surface area contributed by atoms with Crippen LogP contribution in [-0.2, 0) is 0 Å². The summed E-state index contributed by atoms with van der Waals surface area (Å²) in [5.74, 6) is -0.568. The first-order valence-corrected chi connectivity index (χ1v) is 8.14. The Bertz CT molecular complexity index is 905. The summed E-state index contributed by atoms with van der Waals surface area (Å²) in [5.41, 5.74) is 1.44. The van der Waals surface area contributed by atoms with E-state index in [1.54, 1.807) is 24.3 Å². The maximum Gasteiger partial charge on any atom is 0.296 e. The number of aromatic amines is 1. The van der Waals surface area contributed by atoms with Crippen molar-refractivity contribution >= 4 is 61.0 Å². The Morgan fingerprint density at radius 1 is 1.23 bits per heavy atom. The number of carbonyl (C=O) groups excluding carboxylic acids is 1. The summed E-state index contributed by atoms with van der Waals surface area (Å²) in [5, 5.41) is 18.3. The van der Waals surface area contributed by atoms with Crippen molar-refractivity contribution in [3.8, 4) is 5.88 Å². The van der Waals surface area contributed by atoms with Gasteiger partial charge in [0.1, 0.15) is 0 Å². The van der Waals surface area contributed by atoms with Crippen LogP contribution in [0.4, 0.5) is 5.69 Å². The number of azo groups is 1. The number of rotatable bonds is 2. The Balaban J connectivity index is 1.99. The van der Waals surface area contributed by atoms with Gasteiger partial charge in [-0.3, -0.25) is 4.79 Å². The molecule has 0 unspecified atom stereocenters. The molecule has 0 aliphatic carbocycles. The van der Waals surface area contributed by atoms with E-state index in [4.69, 9.17) is 0 Å². The van der Waals surface area contributed by atoms with E-state index in [9.17, 15) is 9.90 Å². The number of hydrogen-bond acceptors (Lipinski definition) is 3. The molecule has 0 saturated heterocycles.